The van der Waals surface area contributed by atoms with Gasteiger partial charge in [-0.05, 0) is 106 Å². The Morgan fingerprint density at radius 2 is 0.939 bits per heavy atom. The van der Waals surface area contributed by atoms with Crippen LogP contribution in [-0.2, 0) is 4.74 Å². The van der Waals surface area contributed by atoms with Gasteiger partial charge in [-0.3, -0.25) is 4.39 Å². The molecule has 0 N–H and O–H groups in total. The van der Waals surface area contributed by atoms with Gasteiger partial charge in [0.05, 0.1) is 12.8 Å². The SMILES string of the molecule is C.C.CC.CC(=C(F)F)C(F)(F)F.CC1(C)CCCCC1.CC=C(C)C.CC=CC.CC=[Si](C)C.CCC.CF.COC.CSC.Cc1ccc(-c2ccccc2)cc1.Cc1ccccc1. The van der Waals surface area contributed by atoms with Gasteiger partial charge in [-0.25, -0.2) is 0 Å². The number of alkyl halides is 4. The Morgan fingerprint density at radius 1 is 0.667 bits per heavy atom. The molecule has 0 aromatic heterocycles. The topological polar surface area (TPSA) is 9.23 Å². The van der Waals surface area contributed by atoms with Crippen LogP contribution < -0.4 is 0 Å². The molecule has 1 fully saturated rings. The van der Waals surface area contributed by atoms with Crippen molar-refractivity contribution in [2.75, 3.05) is 33.9 Å². The first-order valence-corrected chi connectivity index (χ1v) is 26.4. The molecule has 66 heavy (non-hydrogen) atoms. The van der Waals surface area contributed by atoms with Gasteiger partial charge >= 0.3 is 6.18 Å². The number of hydrogen-bond acceptors (Lipinski definition) is 2. The number of aryl methyl sites for hydroxylation is 2. The number of hydrogen-bond donors (Lipinski definition) is 0. The Labute approximate surface area is 413 Å². The fraction of sp³-hybridized carbons (Fsp3) is 0.561. The Balaban J connectivity index is -0.0000000677. The quantitative estimate of drug-likeness (QED) is 0.137. The average Bonchev–Trinajstić information content (AvgIpc) is 3.27. The molecule has 0 atom stereocenters. The number of rotatable bonds is 1. The van der Waals surface area contributed by atoms with Crippen LogP contribution in [0.4, 0.5) is 26.3 Å². The maximum Gasteiger partial charge on any atom is 0.417 e. The van der Waals surface area contributed by atoms with Crippen LogP contribution in [0.5, 0.6) is 0 Å². The summed E-state index contributed by atoms with van der Waals surface area (Å²) >= 11 is 1.75. The van der Waals surface area contributed by atoms with E-state index in [9.17, 15) is 26.3 Å². The first-order chi connectivity index (χ1) is 30.0. The van der Waals surface area contributed by atoms with E-state index in [0.717, 1.165) is 0 Å². The van der Waals surface area contributed by atoms with E-state index in [1.54, 1.807) is 26.0 Å². The van der Waals surface area contributed by atoms with Crippen LogP contribution in [0.25, 0.3) is 11.1 Å². The summed E-state index contributed by atoms with van der Waals surface area (Å²) in [6.45, 7) is 34.4. The molecular weight excluding hydrogens is 875 g/mol. The highest BCUT2D eigenvalue weighted by Crippen LogP contribution is 2.34. The molecule has 1 saturated carbocycles. The minimum absolute atomic E-state index is 0. The summed E-state index contributed by atoms with van der Waals surface area (Å²) in [4.78, 5) is 0. The summed E-state index contributed by atoms with van der Waals surface area (Å²) in [6.07, 6.45) is 11.2. The lowest BCUT2D eigenvalue weighted by atomic mass is 9.78. The van der Waals surface area contributed by atoms with E-state index in [4.69, 9.17) is 0 Å². The van der Waals surface area contributed by atoms with Gasteiger partial charge in [0.25, 0.3) is 6.08 Å². The number of allylic oxidation sites excluding steroid dienone is 5. The first-order valence-electron chi connectivity index (χ1n) is 22.2. The molecule has 390 valence electrons. The fourth-order valence-electron chi connectivity index (χ4n) is 3.53. The van der Waals surface area contributed by atoms with Gasteiger partial charge in [-0.1, -0.05) is 222 Å². The van der Waals surface area contributed by atoms with Crippen molar-refractivity contribution in [2.45, 2.75) is 177 Å². The van der Waals surface area contributed by atoms with E-state index in [-0.39, 0.29) is 23.3 Å². The molecule has 1 aliphatic rings. The lowest BCUT2D eigenvalue weighted by Gasteiger charge is -2.28. The van der Waals surface area contributed by atoms with Crippen molar-refractivity contribution < 1.29 is 31.1 Å². The van der Waals surface area contributed by atoms with Crippen LogP contribution in [0, 0.1) is 19.3 Å². The summed E-state index contributed by atoms with van der Waals surface area (Å²) in [5, 5.41) is 0. The van der Waals surface area contributed by atoms with E-state index in [1.807, 2.05) is 83.5 Å². The highest BCUT2D eigenvalue weighted by molar-refractivity contribution is 7.97. The van der Waals surface area contributed by atoms with Crippen molar-refractivity contribution in [3.8, 4) is 11.1 Å². The van der Waals surface area contributed by atoms with E-state index >= 15 is 0 Å². The van der Waals surface area contributed by atoms with Crippen LogP contribution >= 0.6 is 11.8 Å². The summed E-state index contributed by atoms with van der Waals surface area (Å²) in [7, 11) is 3.75. The average molecular weight is 980 g/mol. The number of methoxy groups -OCH3 is 1. The molecule has 0 bridgehead atoms. The van der Waals surface area contributed by atoms with Crippen molar-refractivity contribution in [1.82, 2.24) is 0 Å². The third-order valence-corrected chi connectivity index (χ3v) is 8.66. The molecule has 1 nitrogen and oxygen atoms in total. The third-order valence-electron chi connectivity index (χ3n) is 7.50. The summed E-state index contributed by atoms with van der Waals surface area (Å²) in [5.74, 6) is 0. The molecule has 1 aliphatic carbocycles. The van der Waals surface area contributed by atoms with Crippen LogP contribution in [0.15, 0.2) is 120 Å². The van der Waals surface area contributed by atoms with Gasteiger partial charge < -0.3 is 4.74 Å². The summed E-state index contributed by atoms with van der Waals surface area (Å²) in [5.41, 5.74) is 7.69. The van der Waals surface area contributed by atoms with Crippen LogP contribution in [0.1, 0.15) is 155 Å². The van der Waals surface area contributed by atoms with Gasteiger partial charge in [0.1, 0.15) is 0 Å². The molecule has 0 spiro atoms. The smallest absolute Gasteiger partial charge is 0.388 e. The second-order valence-corrected chi connectivity index (χ2v) is 18.5. The second-order valence-electron chi connectivity index (χ2n) is 14.9. The highest BCUT2D eigenvalue weighted by Gasteiger charge is 2.33. The van der Waals surface area contributed by atoms with Crippen LogP contribution in [-0.4, -0.2) is 54.2 Å². The number of ether oxygens (including phenoxy) is 1. The predicted molar refractivity (Wildman–Crippen MR) is 301 cm³/mol. The van der Waals surface area contributed by atoms with E-state index in [0.29, 0.717) is 19.5 Å². The third kappa shape index (κ3) is 81.1. The molecule has 0 radical (unpaired) electrons. The van der Waals surface area contributed by atoms with Gasteiger partial charge in [-0.2, -0.15) is 33.7 Å². The predicted octanol–water partition coefficient (Wildman–Crippen LogP) is 21.6. The van der Waals surface area contributed by atoms with Crippen molar-refractivity contribution >= 4 is 25.8 Å². The zero-order valence-corrected chi connectivity index (χ0v) is 46.5. The molecule has 3 aromatic rings. The first kappa shape index (κ1) is 86.1. The van der Waals surface area contributed by atoms with Gasteiger partial charge in [0.2, 0.25) is 0 Å². The van der Waals surface area contributed by atoms with Crippen LogP contribution in [0.2, 0.25) is 13.1 Å². The van der Waals surface area contributed by atoms with Crippen molar-refractivity contribution in [3.63, 3.8) is 0 Å². The normalized spacial score (nSPS) is 10.4. The Morgan fingerprint density at radius 3 is 1.11 bits per heavy atom. The summed E-state index contributed by atoms with van der Waals surface area (Å²) < 4.78 is 69.4. The van der Waals surface area contributed by atoms with Crippen molar-refractivity contribution in [2.24, 2.45) is 5.41 Å². The Kier molecular flexibility index (Phi) is 86.3. The van der Waals surface area contributed by atoms with E-state index in [2.05, 4.69) is 153 Å². The second kappa shape index (κ2) is 66.1. The zero-order chi connectivity index (χ0) is 52.0. The van der Waals surface area contributed by atoms with Crippen molar-refractivity contribution in [3.05, 3.63) is 132 Å². The van der Waals surface area contributed by atoms with Gasteiger partial charge in [0.15, 0.2) is 0 Å². The van der Waals surface area contributed by atoms with Crippen LogP contribution in [0.3, 0.4) is 0 Å². The maximum absolute atomic E-state index is 11.2. The largest absolute Gasteiger partial charge is 0.417 e. The lowest BCUT2D eigenvalue weighted by molar-refractivity contribution is -0.0947. The highest BCUT2D eigenvalue weighted by atomic mass is 32.2. The molecule has 0 amide bonds. The van der Waals surface area contributed by atoms with Gasteiger partial charge in [0, 0.05) is 14.2 Å². The Bertz CT molecular complexity index is 1390. The van der Waals surface area contributed by atoms with E-state index in [1.165, 1.54) is 66.4 Å². The molecular formula is C57H104F6OSSi. The van der Waals surface area contributed by atoms with E-state index < -0.39 is 17.8 Å². The molecule has 0 aliphatic heterocycles. The molecule has 0 unspecified atom stereocenters. The minimum Gasteiger partial charge on any atom is -0.388 e. The monoisotopic (exact) mass is 979 g/mol. The molecule has 0 heterocycles. The fourth-order valence-corrected chi connectivity index (χ4v) is 3.53. The number of benzene rings is 3. The molecule has 3 aromatic carbocycles. The molecule has 9 heteroatoms. The zero-order valence-electron chi connectivity index (χ0n) is 44.7. The number of thioether (sulfide) groups is 1. The standard InChI is InChI=1S/C13H12.C8H16.C7H8.C5H10.C4H3F5.C4H10Si.C4H8.C3H8.C2H6O.C2H6S.C2H6.CH3F.2CH4/c1-11-7-9-13(10-8-11)12-5-3-2-4-6-12;1-8(2)6-4-3-5-7-8;1-7-5-3-2-4-6-7;1-4-5(2)3;1-2(3(5)6)4(7,8)9;1-4-5(2)3;1-3-4-2;3*1-3-2;2*1-2;;/h2-10H,1H3;3-7H2,1-2H3;2-6H,1H3;4H,1-3H3;1H3;4H,1-3H3;3-4H,1-2H3;3H2,1-2H3;2*1-2H3;1-2H3;1H3;2*1H4. The molecule has 0 saturated heterocycles. The lowest BCUT2D eigenvalue weighted by Crippen LogP contribution is -2.14. The van der Waals surface area contributed by atoms with Gasteiger partial charge in [-0.15, -0.1) is 5.67 Å². The minimum atomic E-state index is -4.89. The number of halogens is 6. The maximum atomic E-state index is 11.2. The Hall–Kier alpha value is -3.14. The van der Waals surface area contributed by atoms with Crippen molar-refractivity contribution in [1.29, 1.82) is 0 Å². The summed E-state index contributed by atoms with van der Waals surface area (Å²) in [6, 6.07) is 29.3. The molecule has 4 rings (SSSR count).